The number of hydrogen-bond donors (Lipinski definition) is 0. The van der Waals surface area contributed by atoms with Gasteiger partial charge in [-0.3, -0.25) is 14.6 Å². The molecule has 9 heteroatoms. The number of nitrogens with zero attached hydrogens (tertiary/aromatic N) is 4. The van der Waals surface area contributed by atoms with Gasteiger partial charge in [-0.1, -0.05) is 30.3 Å². The lowest BCUT2D eigenvalue weighted by Crippen LogP contribution is -2.51. The Labute approximate surface area is 166 Å². The topological polar surface area (TPSA) is 81.2 Å². The Kier molecular flexibility index (Phi) is 6.17. The van der Waals surface area contributed by atoms with Gasteiger partial charge in [0.05, 0.1) is 6.67 Å². The first kappa shape index (κ1) is 20.5. The molecule has 2 aliphatic heterocycles. The minimum absolute atomic E-state index is 0.0787. The first-order valence-electron chi connectivity index (χ1n) is 9.34. The maximum Gasteiger partial charge on any atom is 0.328 e. The minimum Gasteiger partial charge on any atom is -0.302 e. The van der Waals surface area contributed by atoms with Crippen LogP contribution in [-0.4, -0.2) is 84.8 Å². The van der Waals surface area contributed by atoms with Crippen molar-refractivity contribution in [1.29, 1.82) is 0 Å². The molecule has 3 rings (SSSR count). The smallest absolute Gasteiger partial charge is 0.302 e. The van der Waals surface area contributed by atoms with E-state index in [9.17, 15) is 18.0 Å². The van der Waals surface area contributed by atoms with E-state index in [4.69, 9.17) is 0 Å². The quantitative estimate of drug-likeness (QED) is 0.664. The molecule has 0 atom stereocenters. The molecule has 3 amide bonds. The van der Waals surface area contributed by atoms with Crippen LogP contribution < -0.4 is 0 Å². The summed E-state index contributed by atoms with van der Waals surface area (Å²) < 4.78 is 26.5. The summed E-state index contributed by atoms with van der Waals surface area (Å²) in [5.41, 5.74) is 0.830. The lowest BCUT2D eigenvalue weighted by molar-refractivity contribution is -0.126. The van der Waals surface area contributed by atoms with Crippen molar-refractivity contribution in [3.8, 4) is 0 Å². The average Bonchev–Trinajstić information content (AvgIpc) is 2.95. The van der Waals surface area contributed by atoms with Crippen LogP contribution in [0.4, 0.5) is 4.79 Å². The van der Waals surface area contributed by atoms with Gasteiger partial charge in [-0.05, 0) is 25.5 Å². The van der Waals surface area contributed by atoms with Crippen LogP contribution in [0.2, 0.25) is 0 Å². The van der Waals surface area contributed by atoms with Gasteiger partial charge in [-0.15, -0.1) is 0 Å². The van der Waals surface area contributed by atoms with Crippen LogP contribution in [0.3, 0.4) is 0 Å². The number of benzene rings is 1. The van der Waals surface area contributed by atoms with E-state index >= 15 is 0 Å². The molecule has 2 heterocycles. The highest BCUT2D eigenvalue weighted by atomic mass is 32.2. The third-order valence-corrected chi connectivity index (χ3v) is 6.45. The van der Waals surface area contributed by atoms with E-state index < -0.39 is 10.0 Å². The molecule has 0 aliphatic carbocycles. The molecule has 0 aromatic heterocycles. The number of imide groups is 1. The summed E-state index contributed by atoms with van der Waals surface area (Å²) in [4.78, 5) is 29.2. The van der Waals surface area contributed by atoms with Gasteiger partial charge in [0.2, 0.25) is 10.0 Å². The molecule has 152 valence electrons. The lowest BCUT2D eigenvalue weighted by Gasteiger charge is -2.35. The highest BCUT2D eigenvalue weighted by molar-refractivity contribution is 7.92. The summed E-state index contributed by atoms with van der Waals surface area (Å²) in [6.45, 7) is 5.77. The summed E-state index contributed by atoms with van der Waals surface area (Å²) >= 11 is 0. The number of hydrogen-bond acceptors (Lipinski definition) is 5. The SMILES string of the molecule is CC(C)N1C(=O)CN(CN2CCN(S(=O)(=O)/C=C/c3ccccc3)CC2)C1=O. The highest BCUT2D eigenvalue weighted by Crippen LogP contribution is 2.16. The van der Waals surface area contributed by atoms with Crippen LogP contribution in [0.25, 0.3) is 6.08 Å². The Morgan fingerprint density at radius 1 is 1.04 bits per heavy atom. The Morgan fingerprint density at radius 2 is 1.68 bits per heavy atom. The van der Waals surface area contributed by atoms with Gasteiger partial charge in [0.25, 0.3) is 5.91 Å². The van der Waals surface area contributed by atoms with Gasteiger partial charge in [-0.2, -0.15) is 4.31 Å². The number of piperazine rings is 1. The van der Waals surface area contributed by atoms with E-state index in [1.54, 1.807) is 6.08 Å². The van der Waals surface area contributed by atoms with Gasteiger partial charge in [0.15, 0.2) is 0 Å². The number of rotatable bonds is 6. The molecule has 0 bridgehead atoms. The number of amides is 3. The Hall–Kier alpha value is -2.23. The summed E-state index contributed by atoms with van der Waals surface area (Å²) in [6.07, 6.45) is 1.59. The first-order chi connectivity index (χ1) is 13.3. The van der Waals surface area contributed by atoms with Crippen molar-refractivity contribution in [2.45, 2.75) is 19.9 Å². The van der Waals surface area contributed by atoms with Gasteiger partial charge in [-0.25, -0.2) is 13.2 Å². The zero-order valence-electron chi connectivity index (χ0n) is 16.2. The third kappa shape index (κ3) is 4.60. The first-order valence-corrected chi connectivity index (χ1v) is 10.8. The van der Waals surface area contributed by atoms with Crippen LogP contribution in [0.1, 0.15) is 19.4 Å². The predicted octanol–water partition coefficient (Wildman–Crippen LogP) is 1.23. The molecule has 0 radical (unpaired) electrons. The molecule has 1 aromatic carbocycles. The molecule has 8 nitrogen and oxygen atoms in total. The van der Waals surface area contributed by atoms with Crippen molar-refractivity contribution in [3.05, 3.63) is 41.3 Å². The highest BCUT2D eigenvalue weighted by Gasteiger charge is 2.38. The summed E-state index contributed by atoms with van der Waals surface area (Å²) in [5, 5.41) is 1.24. The zero-order valence-corrected chi connectivity index (χ0v) is 17.0. The van der Waals surface area contributed by atoms with Gasteiger partial charge in [0.1, 0.15) is 6.54 Å². The molecule has 0 saturated carbocycles. The number of carbonyl (C=O) groups is 2. The van der Waals surface area contributed by atoms with Crippen molar-refractivity contribution in [3.63, 3.8) is 0 Å². The number of sulfonamides is 1. The Bertz CT molecular complexity index is 846. The van der Waals surface area contributed by atoms with Gasteiger partial charge < -0.3 is 4.90 Å². The zero-order chi connectivity index (χ0) is 20.3. The molecule has 0 N–H and O–H groups in total. The monoisotopic (exact) mass is 406 g/mol. The fraction of sp³-hybridized carbons (Fsp3) is 0.474. The molecule has 2 aliphatic rings. The largest absolute Gasteiger partial charge is 0.328 e. The van der Waals surface area contributed by atoms with E-state index in [0.717, 1.165) is 5.56 Å². The third-order valence-electron chi connectivity index (χ3n) is 4.88. The van der Waals surface area contributed by atoms with Crippen LogP contribution in [-0.2, 0) is 14.8 Å². The predicted molar refractivity (Wildman–Crippen MR) is 106 cm³/mol. The van der Waals surface area contributed by atoms with Crippen molar-refractivity contribution in [2.75, 3.05) is 39.4 Å². The maximum absolute atomic E-state index is 12.5. The fourth-order valence-corrected chi connectivity index (χ4v) is 4.54. The van der Waals surface area contributed by atoms with E-state index in [-0.39, 0.29) is 24.5 Å². The molecular weight excluding hydrogens is 380 g/mol. The van der Waals surface area contributed by atoms with E-state index in [2.05, 4.69) is 0 Å². The molecule has 28 heavy (non-hydrogen) atoms. The van der Waals surface area contributed by atoms with E-state index in [1.807, 2.05) is 49.1 Å². The van der Waals surface area contributed by atoms with Crippen LogP contribution >= 0.6 is 0 Å². The van der Waals surface area contributed by atoms with Crippen LogP contribution in [0, 0.1) is 0 Å². The second-order valence-corrected chi connectivity index (χ2v) is 9.07. The lowest BCUT2D eigenvalue weighted by atomic mass is 10.2. The molecule has 1 aromatic rings. The molecule has 2 saturated heterocycles. The minimum atomic E-state index is -3.49. The number of urea groups is 1. The standard InChI is InChI=1S/C19H26N4O4S/c1-16(2)23-18(24)14-21(19(23)25)15-20-9-11-22(12-10-20)28(26,27)13-8-17-6-4-3-5-7-17/h3-8,13,16H,9-12,14-15H2,1-2H3/b13-8+. The molecular formula is C19H26N4O4S. The molecule has 2 fully saturated rings. The van der Waals surface area contributed by atoms with E-state index in [1.165, 1.54) is 19.5 Å². The number of carbonyl (C=O) groups excluding carboxylic acids is 2. The van der Waals surface area contributed by atoms with Crippen molar-refractivity contribution >= 4 is 28.0 Å². The van der Waals surface area contributed by atoms with Crippen LogP contribution in [0.15, 0.2) is 35.7 Å². The molecule has 0 unspecified atom stereocenters. The van der Waals surface area contributed by atoms with Gasteiger partial charge >= 0.3 is 6.03 Å². The van der Waals surface area contributed by atoms with Crippen molar-refractivity contribution < 1.29 is 18.0 Å². The Morgan fingerprint density at radius 3 is 2.25 bits per heavy atom. The van der Waals surface area contributed by atoms with Crippen molar-refractivity contribution in [1.82, 2.24) is 19.0 Å². The Balaban J connectivity index is 1.54. The van der Waals surface area contributed by atoms with E-state index in [0.29, 0.717) is 32.8 Å². The summed E-state index contributed by atoms with van der Waals surface area (Å²) in [6, 6.07) is 8.84. The second kappa shape index (κ2) is 8.42. The second-order valence-electron chi connectivity index (χ2n) is 7.25. The molecule has 0 spiro atoms. The van der Waals surface area contributed by atoms with Crippen molar-refractivity contribution in [2.24, 2.45) is 0 Å². The maximum atomic E-state index is 12.5. The normalized spacial score (nSPS) is 20.1. The average molecular weight is 407 g/mol. The van der Waals surface area contributed by atoms with Crippen LogP contribution in [0.5, 0.6) is 0 Å². The summed E-state index contributed by atoms with van der Waals surface area (Å²) in [7, 11) is -3.49. The fourth-order valence-electron chi connectivity index (χ4n) is 3.37. The van der Waals surface area contributed by atoms with Gasteiger partial charge in [0, 0.05) is 37.6 Å². The summed E-state index contributed by atoms with van der Waals surface area (Å²) in [5.74, 6) is -0.188.